The molecule has 1 heterocycles. The number of nitrogens with two attached hydrogens (primary N) is 1. The first kappa shape index (κ1) is 42.0. The van der Waals surface area contributed by atoms with E-state index in [0.29, 0.717) is 19.3 Å². The summed E-state index contributed by atoms with van der Waals surface area (Å²) in [7, 11) is -15.0. The maximum absolute atomic E-state index is 13.7. The van der Waals surface area contributed by atoms with Crippen LogP contribution in [0.4, 0.5) is 28.4 Å². The highest BCUT2D eigenvalue weighted by Gasteiger charge is 2.36. The summed E-state index contributed by atoms with van der Waals surface area (Å²) in [5.41, 5.74) is 2.62. The molecule has 21 nitrogen and oxygen atoms in total. The minimum absolute atomic E-state index is 0.0286. The lowest BCUT2D eigenvalue weighted by Gasteiger charge is -2.23. The van der Waals surface area contributed by atoms with Crippen molar-refractivity contribution >= 4 is 76.3 Å². The number of anilines is 3. The Morgan fingerprint density at radius 2 is 1.19 bits per heavy atom. The van der Waals surface area contributed by atoms with Crippen LogP contribution in [0.15, 0.2) is 102 Å². The Morgan fingerprint density at radius 1 is 0.644 bits per heavy atom. The van der Waals surface area contributed by atoms with Crippen molar-refractivity contribution < 1.29 is 58.4 Å². The second kappa shape index (κ2) is 16.4. The van der Waals surface area contributed by atoms with E-state index in [1.807, 2.05) is 0 Å². The number of para-hydroxylation sites is 1. The number of nitrogens with one attached hydrogen (secondary N) is 4. The second-order valence-corrected chi connectivity index (χ2v) is 16.9. The fraction of sp³-hybridized carbons (Fsp3) is 0.143. The molecule has 308 valence electrons. The number of hydrogen-bond donors (Lipinski definition) is 9. The van der Waals surface area contributed by atoms with Crippen LogP contribution >= 0.6 is 0 Å². The predicted molar refractivity (Wildman–Crippen MR) is 206 cm³/mol. The molecule has 10 N–H and O–H groups in total. The van der Waals surface area contributed by atoms with E-state index in [9.17, 15) is 53.3 Å². The zero-order valence-electron chi connectivity index (χ0n) is 30.1. The Balaban J connectivity index is 1.48. The molecule has 5 aromatic rings. The zero-order chi connectivity index (χ0) is 42.9. The maximum Gasteiger partial charge on any atom is 0.303 e. The number of ketones is 2. The first-order chi connectivity index (χ1) is 27.7. The molecule has 0 aliphatic heterocycles. The van der Waals surface area contributed by atoms with Crippen molar-refractivity contribution in [1.82, 2.24) is 15.0 Å². The number of carbonyl (C=O) groups is 3. The van der Waals surface area contributed by atoms with Gasteiger partial charge in [-0.05, 0) is 49.2 Å². The Bertz CT molecular complexity index is 3140. The zero-order valence-corrected chi connectivity index (χ0v) is 32.5. The molecule has 0 spiro atoms. The molecule has 0 unspecified atom stereocenters. The van der Waals surface area contributed by atoms with Gasteiger partial charge in [0.15, 0.2) is 11.6 Å². The van der Waals surface area contributed by atoms with Crippen molar-refractivity contribution in [2.24, 2.45) is 15.0 Å². The van der Waals surface area contributed by atoms with E-state index in [2.05, 4.69) is 35.2 Å². The first-order valence-electron chi connectivity index (χ1n) is 17.0. The van der Waals surface area contributed by atoms with E-state index in [1.165, 1.54) is 48.5 Å². The molecule has 0 atom stereocenters. The van der Waals surface area contributed by atoms with Crippen LogP contribution in [0.1, 0.15) is 57.5 Å². The number of aromatic nitrogens is 3. The second-order valence-electron chi connectivity index (χ2n) is 12.7. The summed E-state index contributed by atoms with van der Waals surface area (Å²) < 4.78 is 104. The molecule has 1 aliphatic carbocycles. The van der Waals surface area contributed by atoms with E-state index in [-0.39, 0.29) is 63.6 Å². The summed E-state index contributed by atoms with van der Waals surface area (Å²) in [5.74, 6) is -2.52. The molecular weight excluding hydrogens is 837 g/mol. The van der Waals surface area contributed by atoms with Gasteiger partial charge in [-0.2, -0.15) is 25.3 Å². The van der Waals surface area contributed by atoms with Crippen LogP contribution in [0.25, 0.3) is 0 Å². The number of unbranched alkanes of at least 4 members (excludes halogenated alkanes) is 2. The van der Waals surface area contributed by atoms with Gasteiger partial charge >= 0.3 is 5.97 Å². The van der Waals surface area contributed by atoms with Gasteiger partial charge in [-0.1, -0.05) is 42.8 Å². The summed E-state index contributed by atoms with van der Waals surface area (Å²) in [6.45, 7) is 0.154. The number of aliphatic carboxylic acids is 1. The van der Waals surface area contributed by atoms with Crippen molar-refractivity contribution in [3.05, 3.63) is 112 Å². The minimum Gasteiger partial charge on any atom is -0.481 e. The highest BCUT2D eigenvalue weighted by Crippen LogP contribution is 2.40. The lowest BCUT2D eigenvalue weighted by atomic mass is 9.82. The molecule has 0 bridgehead atoms. The van der Waals surface area contributed by atoms with Gasteiger partial charge in [0.1, 0.15) is 14.7 Å². The molecule has 6 rings (SSSR count). The summed E-state index contributed by atoms with van der Waals surface area (Å²) in [6, 6.07) is 14.8. The van der Waals surface area contributed by atoms with E-state index >= 15 is 0 Å². The summed E-state index contributed by atoms with van der Waals surface area (Å²) in [5, 5.41) is 11.6. The quantitative estimate of drug-likeness (QED) is 0.0457. The number of H-pyrrole nitrogens is 3. The number of nitrogen functional groups attached to an aromatic ring is 1. The average Bonchev–Trinajstić information content (AvgIpc) is 3.15. The van der Waals surface area contributed by atoms with Crippen LogP contribution in [-0.2, 0) is 35.1 Å². The minimum atomic E-state index is -5.13. The van der Waals surface area contributed by atoms with E-state index < -0.39 is 79.5 Å². The molecule has 0 fully saturated rings. The molecular formula is C35H32N8O13S3. The monoisotopic (exact) mass is 868 g/mol. The maximum atomic E-state index is 13.7. The van der Waals surface area contributed by atoms with E-state index in [0.717, 1.165) is 24.3 Å². The number of carboxylic acids is 1. The molecule has 4 aromatic carbocycles. The number of rotatable bonds is 13. The fourth-order valence-corrected chi connectivity index (χ4v) is 7.97. The summed E-state index contributed by atoms with van der Waals surface area (Å²) >= 11 is 0. The number of fused-ring (bicyclic) bond motifs is 2. The van der Waals surface area contributed by atoms with Gasteiger partial charge in [-0.25, -0.2) is 9.98 Å². The van der Waals surface area contributed by atoms with Crippen LogP contribution < -0.4 is 27.9 Å². The third-order valence-corrected chi connectivity index (χ3v) is 11.3. The normalized spacial score (nSPS) is 14.0. The summed E-state index contributed by atoms with van der Waals surface area (Å²) in [4.78, 5) is 56.9. The molecule has 0 radical (unpaired) electrons. The first-order valence-corrected chi connectivity index (χ1v) is 21.4. The molecule has 1 aliphatic rings. The number of carbonyl (C=O) groups excluding carboxylic acids is 2. The van der Waals surface area contributed by atoms with Crippen LogP contribution in [0, 0.1) is 0 Å². The van der Waals surface area contributed by atoms with Gasteiger partial charge in [0.25, 0.3) is 30.4 Å². The van der Waals surface area contributed by atoms with Crippen molar-refractivity contribution in [1.29, 1.82) is 0 Å². The molecule has 0 amide bonds. The average molecular weight is 869 g/mol. The van der Waals surface area contributed by atoms with Crippen molar-refractivity contribution in [2.45, 2.75) is 40.4 Å². The molecule has 59 heavy (non-hydrogen) atoms. The number of nitrogens with zero attached hydrogens (tertiary/aromatic N) is 3. The van der Waals surface area contributed by atoms with Gasteiger partial charge in [-0.3, -0.25) is 48.0 Å². The van der Waals surface area contributed by atoms with Crippen LogP contribution in [0.3, 0.4) is 0 Å². The van der Waals surface area contributed by atoms with E-state index in [4.69, 9.17) is 10.8 Å². The third kappa shape index (κ3) is 9.43. The van der Waals surface area contributed by atoms with Gasteiger partial charge in [-0.15, -0.1) is 0 Å². The highest BCUT2D eigenvalue weighted by atomic mass is 32.2. The Kier molecular flexibility index (Phi) is 11.7. The number of aromatic amines is 3. The topological polar surface area (TPSA) is 357 Å². The Hall–Kier alpha value is -6.57. The summed E-state index contributed by atoms with van der Waals surface area (Å²) in [6.07, 6.45) is 1.32. The van der Waals surface area contributed by atoms with Crippen molar-refractivity contribution in [3.63, 3.8) is 0 Å². The van der Waals surface area contributed by atoms with Crippen LogP contribution in [0.2, 0.25) is 0 Å². The smallest absolute Gasteiger partial charge is 0.303 e. The van der Waals surface area contributed by atoms with Crippen molar-refractivity contribution in [3.8, 4) is 0 Å². The standard InChI is InChI=1S/C35H32N8O13S3/c36-30-26(59(54,55)56)17-23(28-29(30)32(47)20-9-4-3-8-19(20)31(28)46)38-18-13-14-22(25(16-18)58(51,52)53)40-35-42-33(37-15-7-1-2-12-27(44)45)41-34(43-35)39-21-10-5-6-11-24(21)57(48,49)50/h3-6,8-11,13-14,16-17,38H,1-2,7,12,15,36H2,(H,44,45)(H,48,49,50)(H,51,52,53)(H,54,55,56)(H3,37,39,40,41,42,43). The van der Waals surface area contributed by atoms with Crippen molar-refractivity contribution in [2.75, 3.05) is 17.6 Å². The van der Waals surface area contributed by atoms with Gasteiger partial charge in [0, 0.05) is 29.8 Å². The number of carboxylic acid groups (broad SMARTS) is 1. The number of hydrogen-bond acceptors (Lipinski definition) is 14. The predicted octanol–water partition coefficient (Wildman–Crippen LogP) is 2.52. The largest absolute Gasteiger partial charge is 0.481 e. The molecule has 0 saturated carbocycles. The lowest BCUT2D eigenvalue weighted by Crippen LogP contribution is -2.37. The SMILES string of the molecule is Nc1c(S(=O)(=O)O)cc(Nc2ccc(N=c3[nH]c(=NCCCCCC(=O)O)[nH]c(=Nc4ccccc4S(=O)(=O)O)[nH]3)c(S(=O)(=O)O)c2)c2c1C(=O)c1ccccc1C2=O. The van der Waals surface area contributed by atoms with Gasteiger partial charge < -0.3 is 16.2 Å². The Morgan fingerprint density at radius 3 is 1.78 bits per heavy atom. The number of benzene rings is 4. The van der Waals surface area contributed by atoms with Crippen LogP contribution in [0.5, 0.6) is 0 Å². The van der Waals surface area contributed by atoms with Gasteiger partial charge in [0.2, 0.25) is 16.9 Å². The molecule has 1 aromatic heterocycles. The Labute approximate surface area is 333 Å². The third-order valence-electron chi connectivity index (χ3n) is 8.63. The lowest BCUT2D eigenvalue weighted by molar-refractivity contribution is -0.137. The fourth-order valence-electron chi connectivity index (χ4n) is 6.04. The van der Waals surface area contributed by atoms with E-state index in [1.54, 1.807) is 0 Å². The molecule has 24 heteroatoms. The van der Waals surface area contributed by atoms with Gasteiger partial charge in [0.05, 0.1) is 33.9 Å². The molecule has 0 saturated heterocycles. The highest BCUT2D eigenvalue weighted by molar-refractivity contribution is 7.86. The van der Waals surface area contributed by atoms with Crippen LogP contribution in [-0.4, -0.2) is 83.1 Å².